The highest BCUT2D eigenvalue weighted by atomic mass is 16.5. The van der Waals surface area contributed by atoms with Gasteiger partial charge >= 0.3 is 5.97 Å². The number of methoxy groups -OCH3 is 1. The van der Waals surface area contributed by atoms with E-state index in [1.807, 2.05) is 44.2 Å². The number of ether oxygens (including phenoxy) is 2. The van der Waals surface area contributed by atoms with Crippen LogP contribution in [-0.2, 0) is 19.1 Å². The van der Waals surface area contributed by atoms with Gasteiger partial charge in [-0.3, -0.25) is 4.79 Å². The highest BCUT2D eigenvalue weighted by Crippen LogP contribution is 2.20. The van der Waals surface area contributed by atoms with Crippen molar-refractivity contribution in [1.82, 2.24) is 4.90 Å². The molecule has 1 rings (SSSR count). The molecule has 0 saturated heterocycles. The summed E-state index contributed by atoms with van der Waals surface area (Å²) >= 11 is 0. The number of benzene rings is 1. The lowest BCUT2D eigenvalue weighted by Crippen LogP contribution is -2.46. The monoisotopic (exact) mass is 307 g/mol. The van der Waals surface area contributed by atoms with E-state index in [-0.39, 0.29) is 18.4 Å². The Morgan fingerprint density at radius 1 is 1.23 bits per heavy atom. The Kier molecular flexibility index (Phi) is 7.60. The van der Waals surface area contributed by atoms with E-state index in [1.165, 1.54) is 12.0 Å². The van der Waals surface area contributed by atoms with Crippen molar-refractivity contribution in [3.05, 3.63) is 35.9 Å². The lowest BCUT2D eigenvalue weighted by atomic mass is 9.97. The van der Waals surface area contributed by atoms with Crippen molar-refractivity contribution in [2.75, 3.05) is 27.4 Å². The summed E-state index contributed by atoms with van der Waals surface area (Å²) in [6.45, 7) is 4.46. The van der Waals surface area contributed by atoms with E-state index in [1.54, 1.807) is 7.05 Å². The smallest absolute Gasteiger partial charge is 0.330 e. The largest absolute Gasteiger partial charge is 0.467 e. The number of carbonyl (C=O) groups excluding carboxylic acids is 2. The Balaban J connectivity index is 2.70. The molecule has 1 amide bonds. The average Bonchev–Trinajstić information content (AvgIpc) is 2.55. The van der Waals surface area contributed by atoms with Crippen molar-refractivity contribution in [3.8, 4) is 0 Å². The molecular weight excluding hydrogens is 282 g/mol. The molecule has 0 radical (unpaired) electrons. The maximum absolute atomic E-state index is 12.4. The normalized spacial score (nSPS) is 13.3. The predicted octanol–water partition coefficient (Wildman–Crippen LogP) is 2.22. The second-order valence-corrected chi connectivity index (χ2v) is 5.22. The summed E-state index contributed by atoms with van der Waals surface area (Å²) in [5, 5.41) is 0. The zero-order chi connectivity index (χ0) is 16.5. The van der Waals surface area contributed by atoms with Crippen molar-refractivity contribution >= 4 is 11.9 Å². The first kappa shape index (κ1) is 18.2. The van der Waals surface area contributed by atoms with Crippen LogP contribution in [0, 0.1) is 0 Å². The third kappa shape index (κ3) is 5.15. The summed E-state index contributed by atoms with van der Waals surface area (Å²) in [6, 6.07) is 9.13. The van der Waals surface area contributed by atoms with E-state index in [2.05, 4.69) is 0 Å². The molecule has 1 aromatic carbocycles. The highest BCUT2D eigenvalue weighted by molar-refractivity contribution is 5.84. The lowest BCUT2D eigenvalue weighted by molar-refractivity contribution is -0.154. The van der Waals surface area contributed by atoms with Crippen LogP contribution in [0.25, 0.3) is 0 Å². The van der Waals surface area contributed by atoms with Gasteiger partial charge in [0, 0.05) is 20.1 Å². The Morgan fingerprint density at radius 2 is 1.86 bits per heavy atom. The molecule has 1 aromatic rings. The number of esters is 1. The van der Waals surface area contributed by atoms with Crippen LogP contribution in [0.15, 0.2) is 30.3 Å². The van der Waals surface area contributed by atoms with E-state index < -0.39 is 12.0 Å². The number of likely N-dealkylation sites (N-methyl/N-ethyl adjacent to an activating group) is 1. The minimum absolute atomic E-state index is 0.0848. The highest BCUT2D eigenvalue weighted by Gasteiger charge is 2.28. The molecule has 0 aliphatic carbocycles. The van der Waals surface area contributed by atoms with Crippen LogP contribution >= 0.6 is 0 Å². The molecule has 0 heterocycles. The minimum atomic E-state index is -0.708. The van der Waals surface area contributed by atoms with E-state index >= 15 is 0 Å². The van der Waals surface area contributed by atoms with E-state index in [9.17, 15) is 9.59 Å². The molecule has 0 aliphatic rings. The van der Waals surface area contributed by atoms with Crippen molar-refractivity contribution in [1.29, 1.82) is 0 Å². The molecule has 0 aromatic heterocycles. The zero-order valence-electron chi connectivity index (χ0n) is 13.7. The van der Waals surface area contributed by atoms with Crippen LogP contribution in [0.4, 0.5) is 0 Å². The molecule has 0 unspecified atom stereocenters. The Hall–Kier alpha value is -1.88. The molecule has 0 bridgehead atoms. The summed E-state index contributed by atoms with van der Waals surface area (Å²) in [4.78, 5) is 25.7. The van der Waals surface area contributed by atoms with Gasteiger partial charge in [0.05, 0.1) is 13.7 Å². The van der Waals surface area contributed by atoms with Gasteiger partial charge in [0.25, 0.3) is 0 Å². The topological polar surface area (TPSA) is 55.8 Å². The van der Waals surface area contributed by atoms with Gasteiger partial charge in [-0.15, -0.1) is 0 Å². The summed E-state index contributed by atoms with van der Waals surface area (Å²) in [5.41, 5.74) is 1.10. The zero-order valence-corrected chi connectivity index (χ0v) is 13.7. The molecule has 5 nitrogen and oxygen atoms in total. The maximum atomic E-state index is 12.4. The first-order chi connectivity index (χ1) is 10.5. The molecule has 122 valence electrons. The summed E-state index contributed by atoms with van der Waals surface area (Å²) in [6.07, 6.45) is 0.333. The molecule has 0 fully saturated rings. The van der Waals surface area contributed by atoms with Crippen LogP contribution < -0.4 is 0 Å². The van der Waals surface area contributed by atoms with Gasteiger partial charge < -0.3 is 14.4 Å². The Morgan fingerprint density at radius 3 is 2.41 bits per heavy atom. The van der Waals surface area contributed by atoms with Crippen molar-refractivity contribution in [2.24, 2.45) is 0 Å². The predicted molar refractivity (Wildman–Crippen MR) is 84.5 cm³/mol. The van der Waals surface area contributed by atoms with Crippen molar-refractivity contribution in [2.45, 2.75) is 32.2 Å². The maximum Gasteiger partial charge on any atom is 0.330 e. The first-order valence-electron chi connectivity index (χ1n) is 7.47. The standard InChI is InChI=1S/C17H25NO4/c1-5-22-12-15(17(20)21-4)18(3)16(19)11-13(2)14-9-7-6-8-10-14/h6-10,13,15H,5,11-12H2,1-4H3/t13-,15-/m1/s1. The van der Waals surface area contributed by atoms with Gasteiger partial charge in [-0.2, -0.15) is 0 Å². The fourth-order valence-electron chi connectivity index (χ4n) is 2.18. The molecule has 0 saturated carbocycles. The van der Waals surface area contributed by atoms with Crippen LogP contribution in [-0.4, -0.2) is 50.2 Å². The summed E-state index contributed by atoms with van der Waals surface area (Å²) in [7, 11) is 2.92. The molecule has 0 N–H and O–H groups in total. The number of rotatable bonds is 8. The van der Waals surface area contributed by atoms with Crippen molar-refractivity contribution < 1.29 is 19.1 Å². The van der Waals surface area contributed by atoms with Gasteiger partial charge in [0.15, 0.2) is 6.04 Å². The van der Waals surface area contributed by atoms with E-state index in [4.69, 9.17) is 9.47 Å². The Bertz CT molecular complexity index is 475. The quantitative estimate of drug-likeness (QED) is 0.691. The average molecular weight is 307 g/mol. The summed E-state index contributed by atoms with van der Waals surface area (Å²) in [5.74, 6) is -0.482. The molecule has 0 spiro atoms. The molecule has 22 heavy (non-hydrogen) atoms. The fraction of sp³-hybridized carbons (Fsp3) is 0.529. The fourth-order valence-corrected chi connectivity index (χ4v) is 2.18. The van der Waals surface area contributed by atoms with Crippen molar-refractivity contribution in [3.63, 3.8) is 0 Å². The number of hydrogen-bond acceptors (Lipinski definition) is 4. The van der Waals surface area contributed by atoms with Gasteiger partial charge in [-0.25, -0.2) is 4.79 Å². The first-order valence-corrected chi connectivity index (χ1v) is 7.47. The third-order valence-electron chi connectivity index (χ3n) is 3.66. The number of nitrogens with zero attached hydrogens (tertiary/aromatic N) is 1. The van der Waals surface area contributed by atoms with Crippen LogP contribution in [0.2, 0.25) is 0 Å². The van der Waals surface area contributed by atoms with Gasteiger partial charge in [-0.1, -0.05) is 37.3 Å². The number of amides is 1. The van der Waals surface area contributed by atoms with Gasteiger partial charge in [-0.05, 0) is 18.4 Å². The van der Waals surface area contributed by atoms with Crippen LogP contribution in [0.1, 0.15) is 31.7 Å². The van der Waals surface area contributed by atoms with Gasteiger partial charge in [0.2, 0.25) is 5.91 Å². The lowest BCUT2D eigenvalue weighted by Gasteiger charge is -2.27. The van der Waals surface area contributed by atoms with Gasteiger partial charge in [0.1, 0.15) is 0 Å². The SMILES string of the molecule is CCOC[C@H](C(=O)OC)N(C)C(=O)C[C@@H](C)c1ccccc1. The summed E-state index contributed by atoms with van der Waals surface area (Å²) < 4.78 is 10.0. The van der Waals surface area contributed by atoms with E-state index in [0.717, 1.165) is 5.56 Å². The number of carbonyl (C=O) groups is 2. The molecule has 0 aliphatic heterocycles. The van der Waals surface area contributed by atoms with Crippen LogP contribution in [0.3, 0.4) is 0 Å². The van der Waals surface area contributed by atoms with E-state index in [0.29, 0.717) is 13.0 Å². The third-order valence-corrected chi connectivity index (χ3v) is 3.66. The molecule has 2 atom stereocenters. The second kappa shape index (κ2) is 9.20. The number of hydrogen-bond donors (Lipinski definition) is 0. The Labute approximate surface area is 132 Å². The second-order valence-electron chi connectivity index (χ2n) is 5.22. The molecule has 5 heteroatoms. The molecular formula is C17H25NO4. The van der Waals surface area contributed by atoms with Crippen LogP contribution in [0.5, 0.6) is 0 Å². The minimum Gasteiger partial charge on any atom is -0.467 e.